The van der Waals surface area contributed by atoms with Crippen LogP contribution in [0.1, 0.15) is 5.76 Å². The average molecular weight is 232 g/mol. The van der Waals surface area contributed by atoms with E-state index in [4.69, 9.17) is 9.52 Å². The van der Waals surface area contributed by atoms with E-state index in [0.29, 0.717) is 5.76 Å². The number of carboxylic acids is 1. The fourth-order valence-corrected chi connectivity index (χ4v) is 2.25. The smallest absolute Gasteiger partial charge is 0.307 e. The van der Waals surface area contributed by atoms with Crippen molar-refractivity contribution in [2.75, 3.05) is 12.0 Å². The van der Waals surface area contributed by atoms with E-state index in [1.54, 1.807) is 12.1 Å². The van der Waals surface area contributed by atoms with Crippen LogP contribution in [-0.4, -0.2) is 31.5 Å². The van der Waals surface area contributed by atoms with Crippen molar-refractivity contribution in [3.05, 3.63) is 24.2 Å². The van der Waals surface area contributed by atoms with Gasteiger partial charge in [0, 0.05) is 12.7 Å². The van der Waals surface area contributed by atoms with E-state index in [9.17, 15) is 13.2 Å². The molecule has 0 radical (unpaired) electrons. The third-order valence-electron chi connectivity index (χ3n) is 1.88. The van der Waals surface area contributed by atoms with Crippen molar-refractivity contribution >= 4 is 15.8 Å². The first kappa shape index (κ1) is 11.8. The molecule has 0 saturated heterocycles. The molecule has 0 aromatic carbocycles. The molecule has 0 aliphatic carbocycles. The highest BCUT2D eigenvalue weighted by atomic mass is 32.2. The van der Waals surface area contributed by atoms with Gasteiger partial charge in [-0.15, -0.1) is 0 Å². The van der Waals surface area contributed by atoms with E-state index in [1.807, 2.05) is 0 Å². The van der Waals surface area contributed by atoms with E-state index in [2.05, 4.69) is 0 Å². The van der Waals surface area contributed by atoms with Crippen molar-refractivity contribution in [2.24, 2.45) is 5.92 Å². The largest absolute Gasteiger partial charge is 0.481 e. The molecule has 0 aliphatic rings. The molecule has 0 fully saturated rings. The summed E-state index contributed by atoms with van der Waals surface area (Å²) in [5.74, 6) is -1.97. The van der Waals surface area contributed by atoms with Gasteiger partial charge in [-0.1, -0.05) is 0 Å². The second-order valence-corrected chi connectivity index (χ2v) is 5.60. The Morgan fingerprint density at radius 2 is 2.27 bits per heavy atom. The van der Waals surface area contributed by atoms with E-state index in [0.717, 1.165) is 6.26 Å². The van der Waals surface area contributed by atoms with Crippen molar-refractivity contribution in [3.8, 4) is 0 Å². The summed E-state index contributed by atoms with van der Waals surface area (Å²) in [5, 5.41) is 8.83. The summed E-state index contributed by atoms with van der Waals surface area (Å²) in [7, 11) is -3.29. The number of furan rings is 1. The first-order valence-corrected chi connectivity index (χ1v) is 6.37. The van der Waals surface area contributed by atoms with E-state index < -0.39 is 21.7 Å². The number of hydrogen-bond donors (Lipinski definition) is 1. The Balaban J connectivity index is 2.72. The van der Waals surface area contributed by atoms with Crippen molar-refractivity contribution in [1.82, 2.24) is 0 Å². The van der Waals surface area contributed by atoms with Crippen LogP contribution in [0, 0.1) is 5.92 Å². The summed E-state index contributed by atoms with van der Waals surface area (Å²) in [5.41, 5.74) is 0. The molecule has 1 aromatic heterocycles. The van der Waals surface area contributed by atoms with Crippen molar-refractivity contribution in [3.63, 3.8) is 0 Å². The van der Waals surface area contributed by atoms with Crippen LogP contribution in [-0.2, 0) is 21.1 Å². The van der Waals surface area contributed by atoms with Gasteiger partial charge in [-0.3, -0.25) is 4.79 Å². The minimum absolute atomic E-state index is 0.0927. The number of hydrogen-bond acceptors (Lipinski definition) is 4. The Labute approximate surface area is 87.6 Å². The molecule has 0 aliphatic heterocycles. The molecule has 1 rings (SSSR count). The van der Waals surface area contributed by atoms with Gasteiger partial charge in [0.1, 0.15) is 15.6 Å². The van der Waals surface area contributed by atoms with Gasteiger partial charge in [0.05, 0.1) is 17.9 Å². The van der Waals surface area contributed by atoms with Crippen molar-refractivity contribution in [1.29, 1.82) is 0 Å². The maximum atomic E-state index is 11.0. The molecule has 1 atom stereocenters. The number of aliphatic carboxylic acids is 1. The second kappa shape index (κ2) is 4.48. The van der Waals surface area contributed by atoms with Gasteiger partial charge in [-0.25, -0.2) is 8.42 Å². The Morgan fingerprint density at radius 3 is 2.67 bits per heavy atom. The summed E-state index contributed by atoms with van der Waals surface area (Å²) >= 11 is 0. The fraction of sp³-hybridized carbons (Fsp3) is 0.444. The number of carboxylic acid groups (broad SMARTS) is 1. The zero-order chi connectivity index (χ0) is 11.5. The minimum atomic E-state index is -3.29. The number of sulfone groups is 1. The first-order valence-electron chi connectivity index (χ1n) is 4.31. The SMILES string of the molecule is CS(=O)(=O)CC(Cc1ccco1)C(=O)O. The van der Waals surface area contributed by atoms with Crippen LogP contribution in [0.25, 0.3) is 0 Å². The maximum Gasteiger partial charge on any atom is 0.307 e. The Kier molecular flexibility index (Phi) is 3.52. The molecule has 1 heterocycles. The lowest BCUT2D eigenvalue weighted by Crippen LogP contribution is -2.25. The molecule has 0 spiro atoms. The Morgan fingerprint density at radius 1 is 1.60 bits per heavy atom. The van der Waals surface area contributed by atoms with E-state index in [-0.39, 0.29) is 12.2 Å². The highest BCUT2D eigenvalue weighted by molar-refractivity contribution is 7.90. The van der Waals surface area contributed by atoms with Crippen LogP contribution < -0.4 is 0 Å². The molecule has 84 valence electrons. The van der Waals surface area contributed by atoms with Crippen LogP contribution in [0.5, 0.6) is 0 Å². The molecular weight excluding hydrogens is 220 g/mol. The minimum Gasteiger partial charge on any atom is -0.481 e. The molecule has 5 nitrogen and oxygen atoms in total. The van der Waals surface area contributed by atoms with Gasteiger partial charge in [-0.05, 0) is 12.1 Å². The van der Waals surface area contributed by atoms with Crippen LogP contribution in [0.4, 0.5) is 0 Å². The van der Waals surface area contributed by atoms with Gasteiger partial charge in [0.25, 0.3) is 0 Å². The molecular formula is C9H12O5S. The summed E-state index contributed by atoms with van der Waals surface area (Å²) < 4.78 is 26.9. The molecule has 6 heteroatoms. The predicted octanol–water partition coefficient (Wildman–Crippen LogP) is 0.568. The van der Waals surface area contributed by atoms with Crippen LogP contribution in [0.15, 0.2) is 22.8 Å². The van der Waals surface area contributed by atoms with Crippen LogP contribution in [0.3, 0.4) is 0 Å². The van der Waals surface area contributed by atoms with Gasteiger partial charge in [-0.2, -0.15) is 0 Å². The monoisotopic (exact) mass is 232 g/mol. The standard InChI is InChI=1S/C9H12O5S/c1-15(12,13)6-7(9(10)11)5-8-3-2-4-14-8/h2-4,7H,5-6H2,1H3,(H,10,11). The van der Waals surface area contributed by atoms with Gasteiger partial charge in [0.15, 0.2) is 0 Å². The molecule has 15 heavy (non-hydrogen) atoms. The quantitative estimate of drug-likeness (QED) is 0.802. The topological polar surface area (TPSA) is 84.6 Å². The third-order valence-corrected chi connectivity index (χ3v) is 2.89. The second-order valence-electron chi connectivity index (χ2n) is 3.41. The molecule has 0 amide bonds. The van der Waals surface area contributed by atoms with Crippen LogP contribution >= 0.6 is 0 Å². The highest BCUT2D eigenvalue weighted by Crippen LogP contribution is 2.11. The number of rotatable bonds is 5. The van der Waals surface area contributed by atoms with Gasteiger partial charge in [0.2, 0.25) is 0 Å². The van der Waals surface area contributed by atoms with Gasteiger partial charge < -0.3 is 9.52 Å². The first-order chi connectivity index (χ1) is 6.88. The lowest BCUT2D eigenvalue weighted by atomic mass is 10.1. The van der Waals surface area contributed by atoms with Gasteiger partial charge >= 0.3 is 5.97 Å². The van der Waals surface area contributed by atoms with Crippen molar-refractivity contribution in [2.45, 2.75) is 6.42 Å². The third kappa shape index (κ3) is 4.16. The molecule has 0 bridgehead atoms. The summed E-state index contributed by atoms with van der Waals surface area (Å²) in [4.78, 5) is 10.8. The Hall–Kier alpha value is -1.30. The Bertz CT molecular complexity index is 417. The molecule has 1 unspecified atom stereocenters. The average Bonchev–Trinajstić information content (AvgIpc) is 2.52. The van der Waals surface area contributed by atoms with Crippen molar-refractivity contribution < 1.29 is 22.7 Å². The lowest BCUT2D eigenvalue weighted by molar-refractivity contribution is -0.141. The van der Waals surface area contributed by atoms with Crippen LogP contribution in [0.2, 0.25) is 0 Å². The van der Waals surface area contributed by atoms with E-state index in [1.165, 1.54) is 6.26 Å². The lowest BCUT2D eigenvalue weighted by Gasteiger charge is -2.08. The zero-order valence-electron chi connectivity index (χ0n) is 8.21. The predicted molar refractivity (Wildman–Crippen MR) is 53.2 cm³/mol. The normalized spacial score (nSPS) is 13.7. The summed E-state index contributed by atoms with van der Waals surface area (Å²) in [6.07, 6.45) is 2.54. The fourth-order valence-electron chi connectivity index (χ4n) is 1.25. The number of carbonyl (C=O) groups is 1. The van der Waals surface area contributed by atoms with E-state index >= 15 is 0 Å². The maximum absolute atomic E-state index is 11.0. The molecule has 1 N–H and O–H groups in total. The highest BCUT2D eigenvalue weighted by Gasteiger charge is 2.23. The summed E-state index contributed by atoms with van der Waals surface area (Å²) in [6.45, 7) is 0. The molecule has 1 aromatic rings. The zero-order valence-corrected chi connectivity index (χ0v) is 9.03. The molecule has 0 saturated carbocycles. The summed E-state index contributed by atoms with van der Waals surface area (Å²) in [6, 6.07) is 3.26.